The zero-order valence-corrected chi connectivity index (χ0v) is 18.9. The Hall–Kier alpha value is -2.42. The first-order valence-corrected chi connectivity index (χ1v) is 12.0. The van der Waals surface area contributed by atoms with Gasteiger partial charge in [0.1, 0.15) is 4.88 Å². The molecule has 0 radical (unpaired) electrons. The van der Waals surface area contributed by atoms with Gasteiger partial charge in [0.05, 0.1) is 12.7 Å². The van der Waals surface area contributed by atoms with Crippen molar-refractivity contribution in [1.29, 1.82) is 0 Å². The minimum atomic E-state index is -0.864. The third kappa shape index (κ3) is 6.06. The second kappa shape index (κ2) is 11.3. The van der Waals surface area contributed by atoms with Crippen molar-refractivity contribution in [3.8, 4) is 0 Å². The summed E-state index contributed by atoms with van der Waals surface area (Å²) in [6.45, 7) is 9.75. The smallest absolute Gasteiger partial charge is 0.345 e. The molecule has 2 unspecified atom stereocenters. The highest BCUT2D eigenvalue weighted by Crippen LogP contribution is 2.43. The number of allylic oxidation sites excluding steroid dienone is 2. The van der Waals surface area contributed by atoms with Gasteiger partial charge in [0.25, 0.3) is 0 Å². The number of carboxylic acids is 1. The second-order valence-corrected chi connectivity index (χ2v) is 9.52. The molecule has 0 saturated heterocycles. The highest BCUT2D eigenvalue weighted by molar-refractivity contribution is 7.13. The lowest BCUT2D eigenvalue weighted by molar-refractivity contribution is 0.0702. The Kier molecular flexibility index (Phi) is 8.45. The van der Waals surface area contributed by atoms with Crippen molar-refractivity contribution < 1.29 is 15.0 Å². The molecule has 0 bridgehead atoms. The molecule has 0 fully saturated rings. The van der Waals surface area contributed by atoms with Gasteiger partial charge in [0.2, 0.25) is 0 Å². The van der Waals surface area contributed by atoms with Crippen molar-refractivity contribution in [2.45, 2.75) is 70.3 Å². The van der Waals surface area contributed by atoms with Crippen LogP contribution in [0.15, 0.2) is 48.2 Å². The maximum atomic E-state index is 11.1. The number of thiophene rings is 1. The Balaban J connectivity index is 1.61. The summed E-state index contributed by atoms with van der Waals surface area (Å²) in [4.78, 5) is 16.3. The van der Waals surface area contributed by atoms with Gasteiger partial charge in [-0.2, -0.15) is 0 Å². The summed E-state index contributed by atoms with van der Waals surface area (Å²) in [5.41, 5.74) is 2.93. The zero-order chi connectivity index (χ0) is 22.2. The predicted octanol–water partition coefficient (Wildman–Crippen LogP) is 6.99. The van der Waals surface area contributed by atoms with Crippen LogP contribution >= 0.6 is 11.3 Å². The fourth-order valence-corrected chi connectivity index (χ4v) is 5.35. The van der Waals surface area contributed by atoms with Gasteiger partial charge in [-0.25, -0.2) is 9.64 Å². The van der Waals surface area contributed by atoms with Crippen LogP contribution in [-0.2, 0) is 6.42 Å². The van der Waals surface area contributed by atoms with E-state index in [1.807, 2.05) is 18.2 Å². The van der Waals surface area contributed by atoms with Gasteiger partial charge in [-0.1, -0.05) is 68.5 Å². The predicted molar refractivity (Wildman–Crippen MR) is 125 cm³/mol. The van der Waals surface area contributed by atoms with Crippen molar-refractivity contribution in [3.05, 3.63) is 80.5 Å². The van der Waals surface area contributed by atoms with Gasteiger partial charge in [-0.05, 0) is 49.3 Å². The van der Waals surface area contributed by atoms with Crippen molar-refractivity contribution in [2.24, 2.45) is 5.92 Å². The number of carbonyl (C=O) groups is 1. The molecule has 2 N–H and O–H groups in total. The molecule has 0 aliphatic heterocycles. The standard InChI is InChI=1S/C26H31NO3S/c1-3-4-5-9-23(28)18-10-12-20(13-11-18)25-19(14-16-22(25)27-2)7-6-8-21-15-17-24(31-21)26(29)30/h10-13,15-17,19,23,25,28H,3-9,14H2,1H3,(H,29,30)/t19?,23?,25-/m0/s1. The lowest BCUT2D eigenvalue weighted by Gasteiger charge is -2.22. The van der Waals surface area contributed by atoms with Crippen LogP contribution in [0.1, 0.15) is 89.6 Å². The molecular formula is C26H31NO3S. The third-order valence-corrected chi connectivity index (χ3v) is 7.31. The summed E-state index contributed by atoms with van der Waals surface area (Å²) in [5.74, 6) is -0.359. The Bertz CT molecular complexity index is 938. The fourth-order valence-electron chi connectivity index (χ4n) is 4.46. The monoisotopic (exact) mass is 437 g/mol. The summed E-state index contributed by atoms with van der Waals surface area (Å²) in [6.07, 6.45) is 9.53. The van der Waals surface area contributed by atoms with E-state index in [4.69, 9.17) is 11.7 Å². The number of nitrogens with zero attached hydrogens (tertiary/aromatic N) is 1. The van der Waals surface area contributed by atoms with Crippen LogP contribution in [0.2, 0.25) is 0 Å². The first-order valence-electron chi connectivity index (χ1n) is 11.2. The van der Waals surface area contributed by atoms with Crippen LogP contribution in [-0.4, -0.2) is 16.2 Å². The molecule has 1 aliphatic carbocycles. The maximum Gasteiger partial charge on any atom is 0.345 e. The van der Waals surface area contributed by atoms with E-state index in [1.54, 1.807) is 6.07 Å². The van der Waals surface area contributed by atoms with Crippen LogP contribution in [0.4, 0.5) is 0 Å². The molecular weight excluding hydrogens is 406 g/mol. The molecule has 0 amide bonds. The summed E-state index contributed by atoms with van der Waals surface area (Å²) >= 11 is 1.35. The molecule has 3 atom stereocenters. The van der Waals surface area contributed by atoms with E-state index >= 15 is 0 Å². The molecule has 5 heteroatoms. The Morgan fingerprint density at radius 2 is 1.97 bits per heavy atom. The number of hydrogen-bond donors (Lipinski definition) is 2. The van der Waals surface area contributed by atoms with Crippen LogP contribution in [0, 0.1) is 12.5 Å². The average molecular weight is 438 g/mol. The lowest BCUT2D eigenvalue weighted by Crippen LogP contribution is -2.10. The first kappa shape index (κ1) is 23.2. The van der Waals surface area contributed by atoms with Crippen molar-refractivity contribution in [1.82, 2.24) is 0 Å². The minimum Gasteiger partial charge on any atom is -0.477 e. The van der Waals surface area contributed by atoms with Crippen LogP contribution in [0.25, 0.3) is 4.85 Å². The van der Waals surface area contributed by atoms with Gasteiger partial charge in [-0.3, -0.25) is 0 Å². The summed E-state index contributed by atoms with van der Waals surface area (Å²) in [5, 5.41) is 19.5. The van der Waals surface area contributed by atoms with Gasteiger partial charge in [0.15, 0.2) is 5.70 Å². The molecule has 2 aromatic rings. The quantitative estimate of drug-likeness (QED) is 0.294. The molecule has 1 aromatic heterocycles. The lowest BCUT2D eigenvalue weighted by atomic mass is 9.83. The highest BCUT2D eigenvalue weighted by atomic mass is 32.1. The van der Waals surface area contributed by atoms with Crippen molar-refractivity contribution in [3.63, 3.8) is 0 Å². The van der Waals surface area contributed by atoms with Gasteiger partial charge >= 0.3 is 5.97 Å². The fraction of sp³-hybridized carbons (Fsp3) is 0.462. The topological polar surface area (TPSA) is 61.9 Å². The number of unbranched alkanes of at least 4 members (excludes halogenated alkanes) is 2. The highest BCUT2D eigenvalue weighted by Gasteiger charge is 2.31. The Morgan fingerprint density at radius 3 is 2.61 bits per heavy atom. The zero-order valence-electron chi connectivity index (χ0n) is 18.1. The van der Waals surface area contributed by atoms with E-state index in [0.717, 1.165) is 73.1 Å². The van der Waals surface area contributed by atoms with Crippen molar-refractivity contribution >= 4 is 17.3 Å². The molecule has 3 rings (SSSR count). The summed E-state index contributed by atoms with van der Waals surface area (Å²) in [7, 11) is 0. The number of rotatable bonds is 11. The molecule has 164 valence electrons. The number of hydrogen-bond acceptors (Lipinski definition) is 3. The minimum absolute atomic E-state index is 0.113. The van der Waals surface area contributed by atoms with E-state index in [1.165, 1.54) is 11.3 Å². The summed E-state index contributed by atoms with van der Waals surface area (Å²) < 4.78 is 0. The van der Waals surface area contributed by atoms with E-state index in [2.05, 4.69) is 30.0 Å². The molecule has 31 heavy (non-hydrogen) atoms. The number of aromatic carboxylic acids is 1. The van der Waals surface area contributed by atoms with Gasteiger partial charge in [-0.15, -0.1) is 11.3 Å². The van der Waals surface area contributed by atoms with E-state index in [-0.39, 0.29) is 5.92 Å². The van der Waals surface area contributed by atoms with Gasteiger partial charge in [0, 0.05) is 10.8 Å². The molecule has 1 aliphatic rings. The number of benzene rings is 1. The van der Waals surface area contributed by atoms with Crippen LogP contribution < -0.4 is 0 Å². The average Bonchev–Trinajstić information content (AvgIpc) is 3.41. The number of aliphatic hydroxyl groups is 1. The number of aryl methyl sites for hydroxylation is 1. The molecule has 0 saturated carbocycles. The second-order valence-electron chi connectivity index (χ2n) is 8.36. The van der Waals surface area contributed by atoms with E-state index < -0.39 is 12.1 Å². The SMILES string of the molecule is [C-]#[N+]C1=CCC(CCCc2ccc(C(=O)O)s2)[C@H]1c1ccc(C(O)CCCCC)cc1. The number of carboxylic acid groups (broad SMARTS) is 1. The third-order valence-electron chi connectivity index (χ3n) is 6.18. The van der Waals surface area contributed by atoms with Crippen molar-refractivity contribution in [2.75, 3.05) is 0 Å². The summed E-state index contributed by atoms with van der Waals surface area (Å²) in [6, 6.07) is 11.8. The Morgan fingerprint density at radius 1 is 1.19 bits per heavy atom. The maximum absolute atomic E-state index is 11.1. The molecule has 0 spiro atoms. The van der Waals surface area contributed by atoms with Gasteiger partial charge < -0.3 is 10.2 Å². The van der Waals surface area contributed by atoms with Crippen LogP contribution in [0.5, 0.6) is 0 Å². The Labute approximate surface area is 189 Å². The molecule has 1 heterocycles. The molecule has 1 aromatic carbocycles. The molecule has 4 nitrogen and oxygen atoms in total. The number of aliphatic hydroxyl groups excluding tert-OH is 1. The largest absolute Gasteiger partial charge is 0.477 e. The van der Waals surface area contributed by atoms with E-state index in [9.17, 15) is 9.90 Å². The van der Waals surface area contributed by atoms with Crippen LogP contribution in [0.3, 0.4) is 0 Å². The van der Waals surface area contributed by atoms with E-state index in [0.29, 0.717) is 10.8 Å². The first-order chi connectivity index (χ1) is 15.0. The normalized spacial score (nSPS) is 19.1.